The van der Waals surface area contributed by atoms with Crippen molar-refractivity contribution in [2.24, 2.45) is 0 Å². The minimum absolute atomic E-state index is 0.135. The van der Waals surface area contributed by atoms with Crippen molar-refractivity contribution in [1.29, 1.82) is 0 Å². The van der Waals surface area contributed by atoms with Gasteiger partial charge in [-0.15, -0.1) is 0 Å². The zero-order valence-electron chi connectivity index (χ0n) is 16.8. The SMILES string of the molecule is CCOC(=O)COc1ccc(Br)cc1/C=C1/SC(=O)N(CC(=O)O[C@H](C)CC)C1=O. The Labute approximate surface area is 187 Å². The van der Waals surface area contributed by atoms with E-state index < -0.39 is 29.6 Å². The van der Waals surface area contributed by atoms with E-state index in [1.807, 2.05) is 6.92 Å². The molecule has 1 aliphatic rings. The summed E-state index contributed by atoms with van der Waals surface area (Å²) in [6.07, 6.45) is 1.81. The number of amides is 2. The molecule has 0 bridgehead atoms. The van der Waals surface area contributed by atoms with E-state index in [2.05, 4.69) is 15.9 Å². The number of carbonyl (C=O) groups is 4. The first-order valence-corrected chi connectivity index (χ1v) is 10.9. The second kappa shape index (κ2) is 11.2. The first kappa shape index (κ1) is 23.9. The summed E-state index contributed by atoms with van der Waals surface area (Å²) < 4.78 is 16.2. The van der Waals surface area contributed by atoms with Crippen LogP contribution >= 0.6 is 27.7 Å². The Hall–Kier alpha value is -2.33. The summed E-state index contributed by atoms with van der Waals surface area (Å²) in [5.41, 5.74) is 0.487. The van der Waals surface area contributed by atoms with Crippen LogP contribution in [-0.2, 0) is 23.9 Å². The molecule has 0 radical (unpaired) electrons. The Morgan fingerprint density at radius 1 is 1.23 bits per heavy atom. The van der Waals surface area contributed by atoms with Gasteiger partial charge in [-0.1, -0.05) is 22.9 Å². The molecule has 1 heterocycles. The number of imide groups is 1. The van der Waals surface area contributed by atoms with Gasteiger partial charge in [0.2, 0.25) is 0 Å². The van der Waals surface area contributed by atoms with E-state index >= 15 is 0 Å². The fourth-order valence-corrected chi connectivity index (χ4v) is 3.56. The van der Waals surface area contributed by atoms with E-state index in [1.54, 1.807) is 32.0 Å². The van der Waals surface area contributed by atoms with Crippen LogP contribution in [0.4, 0.5) is 4.79 Å². The van der Waals surface area contributed by atoms with E-state index in [1.165, 1.54) is 6.08 Å². The van der Waals surface area contributed by atoms with Gasteiger partial charge < -0.3 is 14.2 Å². The number of esters is 2. The van der Waals surface area contributed by atoms with E-state index in [0.29, 0.717) is 22.2 Å². The normalized spacial score (nSPS) is 16.0. The third-order valence-corrected chi connectivity index (χ3v) is 5.38. The molecule has 1 atom stereocenters. The third-order valence-electron chi connectivity index (χ3n) is 3.98. The zero-order valence-corrected chi connectivity index (χ0v) is 19.2. The second-order valence-electron chi connectivity index (χ2n) is 6.25. The topological polar surface area (TPSA) is 99.2 Å². The average Bonchev–Trinajstić information content (AvgIpc) is 2.94. The molecule has 1 fully saturated rings. The van der Waals surface area contributed by atoms with Gasteiger partial charge >= 0.3 is 11.9 Å². The standard InChI is InChI=1S/C20H22BrNO7S/c1-4-12(3)29-17(23)10-22-19(25)16(30-20(22)26)9-13-8-14(21)6-7-15(13)28-11-18(24)27-5-2/h6-9,12H,4-5,10-11H2,1-3H3/b16-9+/t12-/m1/s1. The molecule has 0 N–H and O–H groups in total. The molecule has 0 saturated carbocycles. The summed E-state index contributed by atoms with van der Waals surface area (Å²) in [5.74, 6) is -1.42. The van der Waals surface area contributed by atoms with Crippen molar-refractivity contribution in [3.8, 4) is 5.75 Å². The van der Waals surface area contributed by atoms with Crippen LogP contribution in [0.2, 0.25) is 0 Å². The van der Waals surface area contributed by atoms with Gasteiger partial charge in [-0.2, -0.15) is 0 Å². The summed E-state index contributed by atoms with van der Waals surface area (Å²) in [7, 11) is 0. The highest BCUT2D eigenvalue weighted by atomic mass is 79.9. The summed E-state index contributed by atoms with van der Waals surface area (Å²) in [5, 5.41) is -0.559. The van der Waals surface area contributed by atoms with Crippen molar-refractivity contribution < 1.29 is 33.4 Å². The van der Waals surface area contributed by atoms with Crippen molar-refractivity contribution in [2.45, 2.75) is 33.3 Å². The predicted octanol–water partition coefficient (Wildman–Crippen LogP) is 3.77. The van der Waals surface area contributed by atoms with Crippen LogP contribution in [0.15, 0.2) is 27.6 Å². The number of benzene rings is 1. The molecule has 162 valence electrons. The number of halogens is 1. The van der Waals surface area contributed by atoms with E-state index in [9.17, 15) is 19.2 Å². The van der Waals surface area contributed by atoms with Gasteiger partial charge in [-0.25, -0.2) is 4.79 Å². The molecule has 1 aromatic carbocycles. The monoisotopic (exact) mass is 499 g/mol. The lowest BCUT2D eigenvalue weighted by Crippen LogP contribution is -2.35. The maximum atomic E-state index is 12.6. The highest BCUT2D eigenvalue weighted by Gasteiger charge is 2.37. The van der Waals surface area contributed by atoms with Crippen LogP contribution in [0.1, 0.15) is 32.8 Å². The minimum Gasteiger partial charge on any atom is -0.481 e. The second-order valence-corrected chi connectivity index (χ2v) is 8.16. The summed E-state index contributed by atoms with van der Waals surface area (Å²) in [6.45, 7) is 4.78. The number of hydrogen-bond acceptors (Lipinski definition) is 8. The fraction of sp³-hybridized carbons (Fsp3) is 0.400. The maximum absolute atomic E-state index is 12.6. The quantitative estimate of drug-likeness (QED) is 0.373. The molecule has 1 saturated heterocycles. The lowest BCUT2D eigenvalue weighted by molar-refractivity contribution is -0.150. The van der Waals surface area contributed by atoms with Crippen molar-refractivity contribution >= 4 is 56.9 Å². The Morgan fingerprint density at radius 3 is 2.63 bits per heavy atom. The van der Waals surface area contributed by atoms with Crippen molar-refractivity contribution in [2.75, 3.05) is 19.8 Å². The molecular weight excluding hydrogens is 478 g/mol. The van der Waals surface area contributed by atoms with Crippen LogP contribution in [0.5, 0.6) is 5.75 Å². The van der Waals surface area contributed by atoms with Crippen LogP contribution in [0, 0.1) is 0 Å². The minimum atomic E-state index is -0.645. The van der Waals surface area contributed by atoms with Crippen molar-refractivity contribution in [1.82, 2.24) is 4.90 Å². The number of thioether (sulfide) groups is 1. The molecule has 10 heteroatoms. The number of ether oxygens (including phenoxy) is 3. The van der Waals surface area contributed by atoms with Gasteiger partial charge in [0.15, 0.2) is 6.61 Å². The Morgan fingerprint density at radius 2 is 1.97 bits per heavy atom. The Bertz CT molecular complexity index is 871. The number of carbonyl (C=O) groups excluding carboxylic acids is 4. The smallest absolute Gasteiger partial charge is 0.344 e. The first-order valence-electron chi connectivity index (χ1n) is 9.27. The van der Waals surface area contributed by atoms with Crippen LogP contribution < -0.4 is 4.74 Å². The van der Waals surface area contributed by atoms with Gasteiger partial charge in [-0.05, 0) is 56.3 Å². The molecule has 0 spiro atoms. The number of nitrogens with zero attached hydrogens (tertiary/aromatic N) is 1. The number of hydrogen-bond donors (Lipinski definition) is 0. The average molecular weight is 500 g/mol. The van der Waals surface area contributed by atoms with E-state index in [0.717, 1.165) is 16.7 Å². The van der Waals surface area contributed by atoms with Gasteiger partial charge in [0, 0.05) is 10.0 Å². The molecular formula is C20H22BrNO7S. The molecule has 2 amide bonds. The van der Waals surface area contributed by atoms with Gasteiger partial charge in [0.25, 0.3) is 11.1 Å². The van der Waals surface area contributed by atoms with Gasteiger partial charge in [-0.3, -0.25) is 19.3 Å². The first-order chi connectivity index (χ1) is 14.2. The predicted molar refractivity (Wildman–Crippen MR) is 115 cm³/mol. The molecule has 0 unspecified atom stereocenters. The van der Waals surface area contributed by atoms with E-state index in [-0.39, 0.29) is 24.2 Å². The van der Waals surface area contributed by atoms with Gasteiger partial charge in [0.05, 0.1) is 17.6 Å². The van der Waals surface area contributed by atoms with Crippen LogP contribution in [-0.4, -0.2) is 53.8 Å². The lowest BCUT2D eigenvalue weighted by atomic mass is 10.2. The van der Waals surface area contributed by atoms with Crippen molar-refractivity contribution in [3.63, 3.8) is 0 Å². The fourth-order valence-electron chi connectivity index (χ4n) is 2.35. The lowest BCUT2D eigenvalue weighted by Gasteiger charge is -2.15. The highest BCUT2D eigenvalue weighted by molar-refractivity contribution is 9.10. The molecule has 30 heavy (non-hydrogen) atoms. The molecule has 2 rings (SSSR count). The van der Waals surface area contributed by atoms with Gasteiger partial charge in [0.1, 0.15) is 12.3 Å². The Kier molecular flexibility index (Phi) is 8.91. The van der Waals surface area contributed by atoms with Crippen LogP contribution in [0.3, 0.4) is 0 Å². The Balaban J connectivity index is 2.17. The number of rotatable bonds is 9. The molecule has 0 aromatic heterocycles. The van der Waals surface area contributed by atoms with E-state index in [4.69, 9.17) is 14.2 Å². The summed E-state index contributed by atoms with van der Waals surface area (Å²) >= 11 is 4.06. The zero-order chi connectivity index (χ0) is 22.3. The largest absolute Gasteiger partial charge is 0.481 e. The molecule has 1 aliphatic heterocycles. The highest BCUT2D eigenvalue weighted by Crippen LogP contribution is 2.34. The third kappa shape index (κ3) is 6.60. The molecule has 8 nitrogen and oxygen atoms in total. The van der Waals surface area contributed by atoms with Crippen LogP contribution in [0.25, 0.3) is 6.08 Å². The molecule has 1 aromatic rings. The maximum Gasteiger partial charge on any atom is 0.344 e. The van der Waals surface area contributed by atoms with Crippen molar-refractivity contribution in [3.05, 3.63) is 33.1 Å². The summed E-state index contributed by atoms with van der Waals surface area (Å²) in [4.78, 5) is 49.4. The summed E-state index contributed by atoms with van der Waals surface area (Å²) in [6, 6.07) is 5.03. The molecule has 0 aliphatic carbocycles.